The van der Waals surface area contributed by atoms with Crippen molar-refractivity contribution in [2.75, 3.05) is 6.61 Å². The van der Waals surface area contributed by atoms with Crippen molar-refractivity contribution in [1.29, 1.82) is 0 Å². The van der Waals surface area contributed by atoms with E-state index in [4.69, 9.17) is 10.5 Å². The molecule has 0 spiro atoms. The summed E-state index contributed by atoms with van der Waals surface area (Å²) in [6.45, 7) is 1.75. The predicted molar refractivity (Wildman–Crippen MR) is 60.0 cm³/mol. The fraction of sp³-hybridized carbons (Fsp3) is 0.455. The van der Waals surface area contributed by atoms with E-state index >= 15 is 0 Å². The quantitative estimate of drug-likeness (QED) is 0.894. The van der Waals surface area contributed by atoms with Crippen molar-refractivity contribution in [1.82, 2.24) is 0 Å². The van der Waals surface area contributed by atoms with Gasteiger partial charge in [-0.3, -0.25) is 0 Å². The van der Waals surface area contributed by atoms with Crippen LogP contribution in [0.5, 0.6) is 5.75 Å². The van der Waals surface area contributed by atoms with Crippen LogP contribution in [-0.4, -0.2) is 12.1 Å². The Kier molecular flexibility index (Phi) is 3.76. The minimum Gasteiger partial charge on any atom is -0.488 e. The zero-order chi connectivity index (χ0) is 11.1. The number of benzene rings is 1. The van der Waals surface area contributed by atoms with E-state index in [1.54, 1.807) is 0 Å². The maximum Gasteiger partial charge on any atom is 0.200 e. The van der Waals surface area contributed by atoms with Crippen LogP contribution in [0.15, 0.2) is 12.1 Å². The first-order valence-corrected chi connectivity index (χ1v) is 4.88. The van der Waals surface area contributed by atoms with Crippen LogP contribution < -0.4 is 10.5 Å². The topological polar surface area (TPSA) is 35.2 Å². The van der Waals surface area contributed by atoms with Crippen LogP contribution in [0.1, 0.15) is 18.4 Å². The molecule has 2 N–H and O–H groups in total. The highest BCUT2D eigenvalue weighted by atomic mass is 35.5. The highest BCUT2D eigenvalue weighted by Gasteiger charge is 2.39. The Labute approximate surface area is 99.2 Å². The summed E-state index contributed by atoms with van der Waals surface area (Å²) < 4.78 is 31.6. The summed E-state index contributed by atoms with van der Waals surface area (Å²) in [6, 6.07) is 2.92. The van der Waals surface area contributed by atoms with Crippen molar-refractivity contribution < 1.29 is 13.5 Å². The second kappa shape index (κ2) is 4.55. The van der Waals surface area contributed by atoms with Gasteiger partial charge in [-0.15, -0.1) is 12.4 Å². The average molecular weight is 250 g/mol. The molecule has 90 valence electrons. The van der Waals surface area contributed by atoms with E-state index < -0.39 is 11.6 Å². The van der Waals surface area contributed by atoms with Gasteiger partial charge in [-0.1, -0.05) is 6.07 Å². The zero-order valence-corrected chi connectivity index (χ0v) is 9.74. The van der Waals surface area contributed by atoms with Crippen LogP contribution >= 0.6 is 12.4 Å². The summed E-state index contributed by atoms with van der Waals surface area (Å²) in [5.41, 5.74) is 5.72. The second-order valence-electron chi connectivity index (χ2n) is 4.16. The number of hydrogen-bond donors (Lipinski definition) is 1. The summed E-state index contributed by atoms with van der Waals surface area (Å²) in [5.74, 6) is -1.84. The van der Waals surface area contributed by atoms with Gasteiger partial charge in [0.05, 0.1) is 5.54 Å². The van der Waals surface area contributed by atoms with Crippen LogP contribution in [0.2, 0.25) is 0 Å². The number of ether oxygens (including phenoxy) is 1. The molecule has 1 aliphatic carbocycles. The van der Waals surface area contributed by atoms with Crippen molar-refractivity contribution in [3.05, 3.63) is 29.3 Å². The van der Waals surface area contributed by atoms with Crippen molar-refractivity contribution >= 4 is 12.4 Å². The Morgan fingerprint density at radius 3 is 2.50 bits per heavy atom. The molecule has 5 heteroatoms. The summed E-state index contributed by atoms with van der Waals surface area (Å²) >= 11 is 0. The third-order valence-corrected chi connectivity index (χ3v) is 2.65. The molecule has 0 atom stereocenters. The molecule has 0 radical (unpaired) electrons. The predicted octanol–water partition coefficient (Wildman–Crippen LogP) is 2.57. The largest absolute Gasteiger partial charge is 0.488 e. The zero-order valence-electron chi connectivity index (χ0n) is 8.93. The molecular formula is C11H14ClF2NO. The fourth-order valence-electron chi connectivity index (χ4n) is 1.27. The smallest absolute Gasteiger partial charge is 0.200 e. The van der Waals surface area contributed by atoms with E-state index in [0.717, 1.165) is 12.8 Å². The van der Waals surface area contributed by atoms with Crippen molar-refractivity contribution in [3.63, 3.8) is 0 Å². The minimum absolute atomic E-state index is 0. The van der Waals surface area contributed by atoms with Gasteiger partial charge in [-0.25, -0.2) is 4.39 Å². The van der Waals surface area contributed by atoms with Gasteiger partial charge < -0.3 is 10.5 Å². The van der Waals surface area contributed by atoms with Gasteiger partial charge in [0.2, 0.25) is 5.82 Å². The monoisotopic (exact) mass is 249 g/mol. The second-order valence-corrected chi connectivity index (χ2v) is 4.16. The van der Waals surface area contributed by atoms with Crippen LogP contribution in [0, 0.1) is 18.6 Å². The maximum atomic E-state index is 13.3. The Balaban J connectivity index is 0.00000128. The lowest BCUT2D eigenvalue weighted by Crippen LogP contribution is -2.30. The molecule has 2 nitrogen and oxygen atoms in total. The van der Waals surface area contributed by atoms with Crippen LogP contribution in [-0.2, 0) is 0 Å². The van der Waals surface area contributed by atoms with Gasteiger partial charge >= 0.3 is 0 Å². The van der Waals surface area contributed by atoms with E-state index in [2.05, 4.69) is 0 Å². The lowest BCUT2D eigenvalue weighted by Gasteiger charge is -2.12. The van der Waals surface area contributed by atoms with E-state index in [1.165, 1.54) is 19.1 Å². The number of hydrogen-bond acceptors (Lipinski definition) is 2. The molecule has 0 saturated heterocycles. The molecule has 2 rings (SSSR count). The third kappa shape index (κ3) is 2.62. The van der Waals surface area contributed by atoms with Gasteiger partial charge in [0.15, 0.2) is 11.6 Å². The minimum atomic E-state index is -0.931. The third-order valence-electron chi connectivity index (χ3n) is 2.65. The van der Waals surface area contributed by atoms with E-state index in [0.29, 0.717) is 0 Å². The van der Waals surface area contributed by atoms with E-state index in [1.807, 2.05) is 0 Å². The molecular weight excluding hydrogens is 236 g/mol. The van der Waals surface area contributed by atoms with E-state index in [-0.39, 0.29) is 35.9 Å². The lowest BCUT2D eigenvalue weighted by molar-refractivity contribution is 0.263. The first kappa shape index (κ1) is 13.2. The first-order chi connectivity index (χ1) is 7.02. The molecule has 1 aromatic rings. The number of aryl methyl sites for hydroxylation is 1. The van der Waals surface area contributed by atoms with Crippen LogP contribution in [0.3, 0.4) is 0 Å². The van der Waals surface area contributed by atoms with Gasteiger partial charge in [0.1, 0.15) is 6.61 Å². The maximum absolute atomic E-state index is 13.3. The highest BCUT2D eigenvalue weighted by molar-refractivity contribution is 5.85. The summed E-state index contributed by atoms with van der Waals surface area (Å²) in [6.07, 6.45) is 1.76. The Bertz CT molecular complexity index is 394. The molecule has 1 aromatic carbocycles. The molecule has 0 aliphatic heterocycles. The SMILES string of the molecule is Cc1ccc(OCC2(N)CC2)c(F)c1F.Cl. The van der Waals surface area contributed by atoms with Crippen LogP contribution in [0.25, 0.3) is 0 Å². The Hall–Kier alpha value is -0.870. The first-order valence-electron chi connectivity index (χ1n) is 4.88. The molecule has 0 heterocycles. The molecule has 1 saturated carbocycles. The van der Waals surface area contributed by atoms with Crippen molar-refractivity contribution in [2.45, 2.75) is 25.3 Å². The van der Waals surface area contributed by atoms with Gasteiger partial charge in [-0.05, 0) is 31.4 Å². The summed E-state index contributed by atoms with van der Waals surface area (Å²) in [4.78, 5) is 0. The number of halogens is 3. The summed E-state index contributed by atoms with van der Waals surface area (Å²) in [5, 5.41) is 0. The fourth-order valence-corrected chi connectivity index (χ4v) is 1.27. The molecule has 16 heavy (non-hydrogen) atoms. The van der Waals surface area contributed by atoms with Gasteiger partial charge in [-0.2, -0.15) is 4.39 Å². The normalized spacial score (nSPS) is 16.5. The van der Waals surface area contributed by atoms with Gasteiger partial charge in [0, 0.05) is 0 Å². The Morgan fingerprint density at radius 2 is 1.94 bits per heavy atom. The van der Waals surface area contributed by atoms with E-state index in [9.17, 15) is 8.78 Å². The summed E-state index contributed by atoms with van der Waals surface area (Å²) in [7, 11) is 0. The molecule has 0 bridgehead atoms. The number of rotatable bonds is 3. The average Bonchev–Trinajstić information content (AvgIpc) is 2.93. The van der Waals surface area contributed by atoms with Crippen molar-refractivity contribution in [3.8, 4) is 5.75 Å². The molecule has 0 amide bonds. The molecule has 0 aromatic heterocycles. The Morgan fingerprint density at radius 1 is 1.31 bits per heavy atom. The van der Waals surface area contributed by atoms with Gasteiger partial charge in [0.25, 0.3) is 0 Å². The highest BCUT2D eigenvalue weighted by Crippen LogP contribution is 2.33. The molecule has 1 aliphatic rings. The lowest BCUT2D eigenvalue weighted by atomic mass is 10.2. The molecule has 0 unspecified atom stereocenters. The standard InChI is InChI=1S/C11H13F2NO.ClH/c1-7-2-3-8(10(13)9(7)12)15-6-11(14)4-5-11;/h2-3H,4-6,14H2,1H3;1H. The van der Waals surface area contributed by atoms with Crippen molar-refractivity contribution in [2.24, 2.45) is 5.73 Å². The molecule has 1 fully saturated rings. The van der Waals surface area contributed by atoms with Crippen LogP contribution in [0.4, 0.5) is 8.78 Å². The number of nitrogens with two attached hydrogens (primary N) is 1.